The lowest BCUT2D eigenvalue weighted by molar-refractivity contribution is 0.230. The van der Waals surface area contributed by atoms with Crippen LogP contribution in [-0.4, -0.2) is 47.2 Å². The van der Waals surface area contributed by atoms with E-state index < -0.39 is 9.84 Å². The summed E-state index contributed by atoms with van der Waals surface area (Å²) in [6.45, 7) is 0.909. The highest BCUT2D eigenvalue weighted by atomic mass is 35.5. The van der Waals surface area contributed by atoms with Crippen LogP contribution in [0.25, 0.3) is 16.9 Å². The molecule has 0 bridgehead atoms. The molecule has 154 valence electrons. The minimum atomic E-state index is -3.00. The number of aromatic nitrogens is 2. The number of hydrogen-bond acceptors (Lipinski definition) is 4. The van der Waals surface area contributed by atoms with Crippen molar-refractivity contribution in [2.24, 2.45) is 0 Å². The van der Waals surface area contributed by atoms with E-state index in [0.717, 1.165) is 22.5 Å². The molecule has 0 aliphatic carbocycles. The van der Waals surface area contributed by atoms with Gasteiger partial charge in [-0.1, -0.05) is 47.9 Å². The van der Waals surface area contributed by atoms with Crippen LogP contribution in [0.2, 0.25) is 5.02 Å². The molecule has 1 aliphatic heterocycles. The van der Waals surface area contributed by atoms with Crippen molar-refractivity contribution in [2.45, 2.75) is 19.0 Å². The molecule has 7 heteroatoms. The van der Waals surface area contributed by atoms with Gasteiger partial charge in [0.25, 0.3) is 0 Å². The fourth-order valence-corrected chi connectivity index (χ4v) is 5.69. The van der Waals surface area contributed by atoms with Gasteiger partial charge in [-0.05, 0) is 30.7 Å². The van der Waals surface area contributed by atoms with Crippen molar-refractivity contribution in [3.63, 3.8) is 0 Å². The Kier molecular flexibility index (Phi) is 5.96. The molecular formula is C23H22ClN3O2S. The standard InChI is InChI=1S/C23H22ClN3O2S/c1-2-13-26(22-12-14-30(28,29)17-22)15-19-16-27(21-6-4-3-5-7-21)25-23(19)18-8-10-20(24)11-9-18/h1,3-11,16,22H,12-15,17H2. The van der Waals surface area contributed by atoms with Gasteiger partial charge in [0.1, 0.15) is 0 Å². The summed E-state index contributed by atoms with van der Waals surface area (Å²) in [6.07, 6.45) is 8.20. The van der Waals surface area contributed by atoms with Crippen LogP contribution >= 0.6 is 11.6 Å². The lowest BCUT2D eigenvalue weighted by Gasteiger charge is -2.25. The first-order chi connectivity index (χ1) is 14.4. The topological polar surface area (TPSA) is 55.2 Å². The van der Waals surface area contributed by atoms with Gasteiger partial charge in [0, 0.05) is 34.9 Å². The van der Waals surface area contributed by atoms with Crippen molar-refractivity contribution in [2.75, 3.05) is 18.1 Å². The Labute approximate surface area is 182 Å². The summed E-state index contributed by atoms with van der Waals surface area (Å²) in [5, 5.41) is 5.49. The maximum atomic E-state index is 12.0. The summed E-state index contributed by atoms with van der Waals surface area (Å²) in [5.74, 6) is 3.05. The predicted octanol–water partition coefficient (Wildman–Crippen LogP) is 3.82. The van der Waals surface area contributed by atoms with E-state index in [-0.39, 0.29) is 17.5 Å². The second-order valence-electron chi connectivity index (χ2n) is 7.46. The molecule has 1 aliphatic rings. The van der Waals surface area contributed by atoms with Crippen LogP contribution < -0.4 is 0 Å². The van der Waals surface area contributed by atoms with Crippen molar-refractivity contribution < 1.29 is 8.42 Å². The number of halogens is 1. The fraction of sp³-hybridized carbons (Fsp3) is 0.261. The van der Waals surface area contributed by atoms with E-state index in [0.29, 0.717) is 24.5 Å². The predicted molar refractivity (Wildman–Crippen MR) is 120 cm³/mol. The van der Waals surface area contributed by atoms with Crippen LogP contribution in [-0.2, 0) is 16.4 Å². The minimum Gasteiger partial charge on any atom is -0.284 e. The summed E-state index contributed by atoms with van der Waals surface area (Å²) in [5.41, 5.74) is 3.72. The molecule has 0 radical (unpaired) electrons. The van der Waals surface area contributed by atoms with Gasteiger partial charge in [-0.25, -0.2) is 13.1 Å². The first-order valence-corrected chi connectivity index (χ1v) is 11.9. The first kappa shape index (κ1) is 20.7. The van der Waals surface area contributed by atoms with E-state index in [1.54, 1.807) is 0 Å². The Balaban J connectivity index is 1.72. The molecule has 5 nitrogen and oxygen atoms in total. The lowest BCUT2D eigenvalue weighted by Crippen LogP contribution is -2.36. The third kappa shape index (κ3) is 4.59. The highest BCUT2D eigenvalue weighted by Crippen LogP contribution is 2.28. The van der Waals surface area contributed by atoms with Crippen LogP contribution in [0.4, 0.5) is 0 Å². The number of rotatable bonds is 6. The average molecular weight is 440 g/mol. The van der Waals surface area contributed by atoms with Crippen molar-refractivity contribution in [1.29, 1.82) is 0 Å². The van der Waals surface area contributed by atoms with Crippen LogP contribution in [0.15, 0.2) is 60.8 Å². The molecule has 0 N–H and O–H groups in total. The zero-order chi connectivity index (χ0) is 21.1. The number of hydrogen-bond donors (Lipinski definition) is 0. The van der Waals surface area contributed by atoms with Gasteiger partial charge in [-0.3, -0.25) is 4.90 Å². The molecule has 2 aromatic carbocycles. The summed E-state index contributed by atoms with van der Waals surface area (Å²) < 4.78 is 25.9. The highest BCUT2D eigenvalue weighted by molar-refractivity contribution is 7.91. The Morgan fingerprint density at radius 3 is 2.53 bits per heavy atom. The molecule has 3 aromatic rings. The molecule has 0 spiro atoms. The summed E-state index contributed by atoms with van der Waals surface area (Å²) in [4.78, 5) is 2.07. The quantitative estimate of drug-likeness (QED) is 0.548. The van der Waals surface area contributed by atoms with Gasteiger partial charge >= 0.3 is 0 Å². The Hall–Kier alpha value is -2.59. The lowest BCUT2D eigenvalue weighted by atomic mass is 10.1. The molecule has 1 unspecified atom stereocenters. The number of nitrogens with zero attached hydrogens (tertiary/aromatic N) is 3. The first-order valence-electron chi connectivity index (χ1n) is 9.73. The maximum Gasteiger partial charge on any atom is 0.151 e. The van der Waals surface area contributed by atoms with Crippen LogP contribution in [0.1, 0.15) is 12.0 Å². The van der Waals surface area contributed by atoms with Gasteiger partial charge in [-0.2, -0.15) is 5.10 Å². The molecule has 1 fully saturated rings. The van der Waals surface area contributed by atoms with Crippen molar-refractivity contribution in [3.05, 3.63) is 71.4 Å². The summed E-state index contributed by atoms with van der Waals surface area (Å²) in [7, 11) is -3.00. The van der Waals surface area contributed by atoms with Gasteiger partial charge in [-0.15, -0.1) is 6.42 Å². The van der Waals surface area contributed by atoms with Gasteiger partial charge in [0.05, 0.1) is 29.4 Å². The van der Waals surface area contributed by atoms with E-state index in [2.05, 4.69) is 10.8 Å². The molecule has 30 heavy (non-hydrogen) atoms. The summed E-state index contributed by atoms with van der Waals surface area (Å²) in [6, 6.07) is 17.4. The Morgan fingerprint density at radius 1 is 1.17 bits per heavy atom. The third-order valence-electron chi connectivity index (χ3n) is 5.32. The van der Waals surface area contributed by atoms with E-state index in [9.17, 15) is 8.42 Å². The van der Waals surface area contributed by atoms with Crippen molar-refractivity contribution in [3.8, 4) is 29.3 Å². The van der Waals surface area contributed by atoms with Gasteiger partial charge < -0.3 is 0 Å². The minimum absolute atomic E-state index is 0.0795. The Bertz CT molecular complexity index is 1170. The fourth-order valence-electron chi connectivity index (χ4n) is 3.80. The third-order valence-corrected chi connectivity index (χ3v) is 7.32. The van der Waals surface area contributed by atoms with Crippen LogP contribution in [0.3, 0.4) is 0 Å². The second kappa shape index (κ2) is 8.65. The van der Waals surface area contributed by atoms with E-state index in [1.807, 2.05) is 65.5 Å². The average Bonchev–Trinajstić information content (AvgIpc) is 3.32. The largest absolute Gasteiger partial charge is 0.284 e. The zero-order valence-corrected chi connectivity index (χ0v) is 18.0. The molecule has 4 rings (SSSR count). The number of terminal acetylenes is 1. The molecule has 1 aromatic heterocycles. The van der Waals surface area contributed by atoms with Crippen LogP contribution in [0.5, 0.6) is 0 Å². The van der Waals surface area contributed by atoms with Crippen LogP contribution in [0, 0.1) is 12.3 Å². The number of sulfone groups is 1. The summed E-state index contributed by atoms with van der Waals surface area (Å²) >= 11 is 6.07. The van der Waals surface area contributed by atoms with Gasteiger partial charge in [0.2, 0.25) is 0 Å². The highest BCUT2D eigenvalue weighted by Gasteiger charge is 2.32. The van der Waals surface area contributed by atoms with Crippen molar-refractivity contribution in [1.82, 2.24) is 14.7 Å². The Morgan fingerprint density at radius 2 is 1.90 bits per heavy atom. The molecule has 1 saturated heterocycles. The number of para-hydroxylation sites is 1. The van der Waals surface area contributed by atoms with E-state index >= 15 is 0 Å². The SMILES string of the molecule is C#CCN(Cc1cn(-c2ccccc2)nc1-c1ccc(Cl)cc1)C1CCS(=O)(=O)C1. The molecular weight excluding hydrogens is 418 g/mol. The second-order valence-corrected chi connectivity index (χ2v) is 10.1. The zero-order valence-electron chi connectivity index (χ0n) is 16.4. The molecule has 2 heterocycles. The smallest absolute Gasteiger partial charge is 0.151 e. The maximum absolute atomic E-state index is 12.0. The molecule has 0 amide bonds. The molecule has 1 atom stereocenters. The normalized spacial score (nSPS) is 17.8. The molecule has 0 saturated carbocycles. The number of benzene rings is 2. The van der Waals surface area contributed by atoms with E-state index in [4.69, 9.17) is 23.1 Å². The van der Waals surface area contributed by atoms with Crippen molar-refractivity contribution >= 4 is 21.4 Å². The van der Waals surface area contributed by atoms with E-state index in [1.165, 1.54) is 0 Å². The monoisotopic (exact) mass is 439 g/mol. The van der Waals surface area contributed by atoms with Gasteiger partial charge in [0.15, 0.2) is 9.84 Å².